The molecule has 0 aliphatic heterocycles. The van der Waals surface area contributed by atoms with Gasteiger partial charge in [-0.1, -0.05) is 12.1 Å². The molecule has 0 heterocycles. The lowest BCUT2D eigenvalue weighted by Gasteiger charge is -2.12. The third-order valence-electron chi connectivity index (χ3n) is 3.49. The summed E-state index contributed by atoms with van der Waals surface area (Å²) in [6, 6.07) is 13.7. The van der Waals surface area contributed by atoms with Crippen LogP contribution < -0.4 is 4.90 Å². The summed E-state index contributed by atoms with van der Waals surface area (Å²) in [5, 5.41) is 12.3. The summed E-state index contributed by atoms with van der Waals surface area (Å²) >= 11 is 0. The lowest BCUT2D eigenvalue weighted by molar-refractivity contribution is -0.355. The van der Waals surface area contributed by atoms with Gasteiger partial charge in [-0.2, -0.15) is 4.74 Å². The summed E-state index contributed by atoms with van der Waals surface area (Å²) in [7, 11) is 3.99. The van der Waals surface area contributed by atoms with E-state index in [0.717, 1.165) is 27.1 Å². The number of anilines is 1. The molecule has 0 radical (unpaired) electrons. The first kappa shape index (κ1) is 14.1. The third kappa shape index (κ3) is 2.99. The molecule has 0 aromatic heterocycles. The molecule has 0 saturated heterocycles. The van der Waals surface area contributed by atoms with Crippen molar-refractivity contribution in [3.8, 4) is 0 Å². The Balaban J connectivity index is 2.32. The first-order valence-electron chi connectivity index (χ1n) is 6.64. The van der Waals surface area contributed by atoms with Gasteiger partial charge in [0.05, 0.1) is 0 Å². The Morgan fingerprint density at radius 1 is 1.00 bits per heavy atom. The van der Waals surface area contributed by atoms with Crippen LogP contribution in [-0.2, 0) is 0 Å². The Morgan fingerprint density at radius 3 is 2.25 bits per heavy atom. The lowest BCUT2D eigenvalue weighted by atomic mass is 10.1. The predicted octanol–water partition coefficient (Wildman–Crippen LogP) is 3.63. The monoisotopic (exact) mass is 268 g/mol. The number of hydrogen-bond donors (Lipinski definition) is 0. The molecule has 0 saturated carbocycles. The van der Waals surface area contributed by atoms with Crippen LogP contribution in [0.15, 0.2) is 42.5 Å². The minimum absolute atomic E-state index is 0.696. The van der Waals surface area contributed by atoms with Gasteiger partial charge in [-0.05, 0) is 43.7 Å². The second kappa shape index (κ2) is 5.78. The summed E-state index contributed by atoms with van der Waals surface area (Å²) < 4.78 is 0.938. The predicted molar refractivity (Wildman–Crippen MR) is 85.1 cm³/mol. The van der Waals surface area contributed by atoms with E-state index in [-0.39, 0.29) is 0 Å². The van der Waals surface area contributed by atoms with E-state index < -0.39 is 0 Å². The largest absolute Gasteiger partial charge is 0.618 e. The molecule has 0 atom stereocenters. The molecule has 2 rings (SSSR count). The highest BCUT2D eigenvalue weighted by atomic mass is 16.5. The molecule has 0 unspecified atom stereocenters. The zero-order chi connectivity index (χ0) is 14.7. The first-order valence-corrected chi connectivity index (χ1v) is 6.64. The zero-order valence-corrected chi connectivity index (χ0v) is 12.4. The van der Waals surface area contributed by atoms with Gasteiger partial charge < -0.3 is 10.1 Å². The smallest absolute Gasteiger partial charge is 0.219 e. The normalized spacial score (nSPS) is 11.5. The molecule has 3 nitrogen and oxygen atoms in total. The van der Waals surface area contributed by atoms with E-state index >= 15 is 0 Å². The Morgan fingerprint density at radius 2 is 1.65 bits per heavy atom. The van der Waals surface area contributed by atoms with Crippen LogP contribution in [0.25, 0.3) is 0 Å². The zero-order valence-electron chi connectivity index (χ0n) is 12.4. The van der Waals surface area contributed by atoms with Crippen molar-refractivity contribution in [1.29, 1.82) is 0 Å². The summed E-state index contributed by atoms with van der Waals surface area (Å²) in [6.45, 7) is 3.98. The molecule has 3 heteroatoms. The summed E-state index contributed by atoms with van der Waals surface area (Å²) in [6.07, 6.45) is 1.61. The molecule has 0 bridgehead atoms. The highest BCUT2D eigenvalue weighted by Crippen LogP contribution is 2.20. The van der Waals surface area contributed by atoms with Gasteiger partial charge in [0.15, 0.2) is 6.21 Å². The fourth-order valence-corrected chi connectivity index (χ4v) is 2.04. The SMILES string of the molecule is Cc1cccc([N+]([O-])=Cc2ccc(N(C)C)cc2)c1C. The Hall–Kier alpha value is -2.29. The maximum atomic E-state index is 12.3. The van der Waals surface area contributed by atoms with Crippen molar-refractivity contribution in [2.75, 3.05) is 19.0 Å². The quantitative estimate of drug-likeness (QED) is 0.368. The molecule has 104 valence electrons. The molecule has 20 heavy (non-hydrogen) atoms. The van der Waals surface area contributed by atoms with E-state index in [1.807, 2.05) is 75.3 Å². The summed E-state index contributed by atoms with van der Waals surface area (Å²) in [5.74, 6) is 0. The van der Waals surface area contributed by atoms with Crippen LogP contribution in [-0.4, -0.2) is 25.0 Å². The molecular formula is C17H20N2O. The average molecular weight is 268 g/mol. The van der Waals surface area contributed by atoms with Crippen molar-refractivity contribution in [1.82, 2.24) is 0 Å². The van der Waals surface area contributed by atoms with Crippen LogP contribution in [0, 0.1) is 19.1 Å². The lowest BCUT2D eigenvalue weighted by Crippen LogP contribution is -2.08. The van der Waals surface area contributed by atoms with Gasteiger partial charge in [0.25, 0.3) is 0 Å². The minimum Gasteiger partial charge on any atom is -0.618 e. The van der Waals surface area contributed by atoms with Crippen molar-refractivity contribution in [2.45, 2.75) is 13.8 Å². The van der Waals surface area contributed by atoms with Crippen LogP contribution in [0.3, 0.4) is 0 Å². The topological polar surface area (TPSA) is 29.3 Å². The fraction of sp³-hybridized carbons (Fsp3) is 0.235. The fourth-order valence-electron chi connectivity index (χ4n) is 2.04. The standard InChI is InChI=1S/C17H20N2O/c1-13-6-5-7-17(14(13)2)19(20)12-15-8-10-16(11-9-15)18(3)4/h5-12H,1-4H3. The van der Waals surface area contributed by atoms with E-state index in [1.54, 1.807) is 6.21 Å². The van der Waals surface area contributed by atoms with Crippen LogP contribution >= 0.6 is 0 Å². The summed E-state index contributed by atoms with van der Waals surface area (Å²) in [5.41, 5.74) is 4.85. The summed E-state index contributed by atoms with van der Waals surface area (Å²) in [4.78, 5) is 2.03. The molecule has 0 fully saturated rings. The van der Waals surface area contributed by atoms with Gasteiger partial charge in [-0.3, -0.25) is 0 Å². The Kier molecular flexibility index (Phi) is 4.08. The van der Waals surface area contributed by atoms with Crippen LogP contribution in [0.4, 0.5) is 11.4 Å². The minimum atomic E-state index is 0.696. The number of rotatable bonds is 3. The van der Waals surface area contributed by atoms with E-state index in [0.29, 0.717) is 5.69 Å². The van der Waals surface area contributed by atoms with E-state index in [9.17, 15) is 5.21 Å². The van der Waals surface area contributed by atoms with Crippen molar-refractivity contribution in [3.63, 3.8) is 0 Å². The van der Waals surface area contributed by atoms with Gasteiger partial charge in [0.2, 0.25) is 5.69 Å². The van der Waals surface area contributed by atoms with E-state index in [4.69, 9.17) is 0 Å². The van der Waals surface area contributed by atoms with Gasteiger partial charge in [-0.25, -0.2) is 0 Å². The van der Waals surface area contributed by atoms with Crippen LogP contribution in [0.2, 0.25) is 0 Å². The highest BCUT2D eigenvalue weighted by molar-refractivity contribution is 5.77. The van der Waals surface area contributed by atoms with Gasteiger partial charge in [-0.15, -0.1) is 0 Å². The molecule has 2 aromatic rings. The second-order valence-corrected chi connectivity index (χ2v) is 5.16. The number of nitrogens with zero attached hydrogens (tertiary/aromatic N) is 2. The van der Waals surface area contributed by atoms with Gasteiger partial charge >= 0.3 is 0 Å². The molecule has 0 amide bonds. The van der Waals surface area contributed by atoms with Crippen molar-refractivity contribution in [3.05, 3.63) is 64.4 Å². The average Bonchev–Trinajstić information content (AvgIpc) is 2.42. The molecule has 0 spiro atoms. The van der Waals surface area contributed by atoms with Gasteiger partial charge in [0, 0.05) is 37.0 Å². The van der Waals surface area contributed by atoms with Crippen LogP contribution in [0.5, 0.6) is 0 Å². The molecule has 0 aliphatic carbocycles. The maximum Gasteiger partial charge on any atom is 0.219 e. The molecule has 0 aliphatic rings. The Bertz CT molecular complexity index is 628. The second-order valence-electron chi connectivity index (χ2n) is 5.16. The third-order valence-corrected chi connectivity index (χ3v) is 3.49. The first-order chi connectivity index (χ1) is 9.49. The van der Waals surface area contributed by atoms with Crippen LogP contribution in [0.1, 0.15) is 16.7 Å². The molecular weight excluding hydrogens is 248 g/mol. The van der Waals surface area contributed by atoms with Crippen molar-refractivity contribution < 1.29 is 4.74 Å². The van der Waals surface area contributed by atoms with Crippen molar-refractivity contribution >= 4 is 17.6 Å². The Labute approximate surface area is 120 Å². The number of hydrogen-bond acceptors (Lipinski definition) is 2. The van der Waals surface area contributed by atoms with E-state index in [2.05, 4.69) is 0 Å². The maximum absolute atomic E-state index is 12.3. The molecule has 0 N–H and O–H groups in total. The van der Waals surface area contributed by atoms with Crippen molar-refractivity contribution in [2.24, 2.45) is 0 Å². The van der Waals surface area contributed by atoms with E-state index in [1.165, 1.54) is 0 Å². The number of benzene rings is 2. The van der Waals surface area contributed by atoms with Gasteiger partial charge in [0.1, 0.15) is 0 Å². The highest BCUT2D eigenvalue weighted by Gasteiger charge is 2.08. The number of aryl methyl sites for hydroxylation is 1. The molecule has 2 aromatic carbocycles.